The van der Waals surface area contributed by atoms with Gasteiger partial charge in [-0.2, -0.15) is 9.78 Å². The summed E-state index contributed by atoms with van der Waals surface area (Å²) in [6, 6.07) is 10.5. The third kappa shape index (κ3) is 3.49. The first-order valence-corrected chi connectivity index (χ1v) is 8.03. The van der Waals surface area contributed by atoms with E-state index in [1.54, 1.807) is 30.3 Å². The lowest BCUT2D eigenvalue weighted by atomic mass is 10.2. The maximum atomic E-state index is 12.4. The molecule has 1 heterocycles. The summed E-state index contributed by atoms with van der Waals surface area (Å²) in [5.74, 6) is 0.980. The van der Waals surface area contributed by atoms with E-state index in [0.717, 1.165) is 0 Å². The summed E-state index contributed by atoms with van der Waals surface area (Å²) in [6.07, 6.45) is 2.90. The molecule has 0 bridgehead atoms. The number of methoxy groups -OCH3 is 1. The van der Waals surface area contributed by atoms with Gasteiger partial charge in [0, 0.05) is 0 Å². The summed E-state index contributed by atoms with van der Waals surface area (Å²) in [5, 5.41) is 5.09. The van der Waals surface area contributed by atoms with E-state index < -0.39 is 0 Å². The molecule has 2 aromatic carbocycles. The van der Waals surface area contributed by atoms with Crippen LogP contribution in [0.25, 0.3) is 10.9 Å². The van der Waals surface area contributed by atoms with Crippen LogP contribution in [0.4, 0.5) is 0 Å². The predicted octanol–water partition coefficient (Wildman–Crippen LogP) is 3.34. The maximum absolute atomic E-state index is 12.4. The Morgan fingerprint density at radius 3 is 2.88 bits per heavy atom. The number of halogens is 1. The zero-order valence-corrected chi connectivity index (χ0v) is 14.5. The lowest BCUT2D eigenvalue weighted by molar-refractivity contribution is 0.311. The third-order valence-corrected chi connectivity index (χ3v) is 3.80. The van der Waals surface area contributed by atoms with Gasteiger partial charge in [0.15, 0.2) is 11.5 Å². The quantitative estimate of drug-likeness (QED) is 0.657. The summed E-state index contributed by atoms with van der Waals surface area (Å²) >= 11 is 6.24. The molecular formula is C18H16ClN3O3. The summed E-state index contributed by atoms with van der Waals surface area (Å²) in [7, 11) is 1.53. The van der Waals surface area contributed by atoms with Crippen molar-refractivity contribution in [3.63, 3.8) is 0 Å². The average Bonchev–Trinajstić information content (AvgIpc) is 2.63. The lowest BCUT2D eigenvalue weighted by Crippen LogP contribution is -2.16. The molecule has 3 aromatic rings. The monoisotopic (exact) mass is 357 g/mol. The standard InChI is InChI=1S/C18H16ClN3O3/c1-3-25-17-14(19)8-12(9-16(17)24-2)10-21-22-11-20-15-7-5-4-6-13(15)18(22)23/h4-11H,3H2,1-2H3/b21-10+. The first-order chi connectivity index (χ1) is 12.1. The van der Waals surface area contributed by atoms with Gasteiger partial charge in [0.05, 0.1) is 35.9 Å². The second-order valence-electron chi connectivity index (χ2n) is 5.12. The molecule has 6 nitrogen and oxygen atoms in total. The van der Waals surface area contributed by atoms with Crippen LogP contribution in [0.3, 0.4) is 0 Å². The Labute approximate surface area is 149 Å². The van der Waals surface area contributed by atoms with Gasteiger partial charge < -0.3 is 9.47 Å². The lowest BCUT2D eigenvalue weighted by Gasteiger charge is -2.11. The molecular weight excluding hydrogens is 342 g/mol. The highest BCUT2D eigenvalue weighted by atomic mass is 35.5. The molecule has 0 saturated carbocycles. The molecule has 0 radical (unpaired) electrons. The van der Waals surface area contributed by atoms with Crippen molar-refractivity contribution in [2.75, 3.05) is 13.7 Å². The van der Waals surface area contributed by atoms with E-state index in [1.807, 2.05) is 13.0 Å². The van der Waals surface area contributed by atoms with Crippen LogP contribution in [0, 0.1) is 0 Å². The minimum atomic E-state index is -0.245. The SMILES string of the molecule is CCOc1c(Cl)cc(/C=N/n2cnc3ccccc3c2=O)cc1OC. The van der Waals surface area contributed by atoms with Gasteiger partial charge in [0.2, 0.25) is 0 Å². The van der Waals surface area contributed by atoms with Crippen LogP contribution in [0.2, 0.25) is 5.02 Å². The van der Waals surface area contributed by atoms with Gasteiger partial charge in [-0.15, -0.1) is 0 Å². The Morgan fingerprint density at radius 1 is 1.32 bits per heavy atom. The molecule has 25 heavy (non-hydrogen) atoms. The maximum Gasteiger partial charge on any atom is 0.281 e. The Bertz CT molecular complexity index is 999. The molecule has 0 aliphatic heterocycles. The van der Waals surface area contributed by atoms with E-state index in [9.17, 15) is 4.79 Å². The summed E-state index contributed by atoms with van der Waals surface area (Å²) < 4.78 is 12.0. The molecule has 128 valence electrons. The number of para-hydroxylation sites is 1. The number of rotatable bonds is 5. The molecule has 0 atom stereocenters. The smallest absolute Gasteiger partial charge is 0.281 e. The molecule has 0 aliphatic rings. The topological polar surface area (TPSA) is 65.7 Å². The van der Waals surface area contributed by atoms with E-state index in [-0.39, 0.29) is 5.56 Å². The number of benzene rings is 2. The average molecular weight is 358 g/mol. The Balaban J connectivity index is 1.98. The Kier molecular flexibility index (Phi) is 5.00. The fourth-order valence-electron chi connectivity index (χ4n) is 2.37. The third-order valence-electron chi connectivity index (χ3n) is 3.52. The first-order valence-electron chi connectivity index (χ1n) is 7.65. The minimum absolute atomic E-state index is 0.245. The zero-order chi connectivity index (χ0) is 17.8. The molecule has 0 saturated heterocycles. The van der Waals surface area contributed by atoms with Gasteiger partial charge in [-0.1, -0.05) is 23.7 Å². The van der Waals surface area contributed by atoms with E-state index in [0.29, 0.717) is 39.6 Å². The summed E-state index contributed by atoms with van der Waals surface area (Å²) in [4.78, 5) is 16.6. The van der Waals surface area contributed by atoms with E-state index in [1.165, 1.54) is 24.3 Å². The van der Waals surface area contributed by atoms with Crippen molar-refractivity contribution in [1.82, 2.24) is 9.66 Å². The van der Waals surface area contributed by atoms with Gasteiger partial charge in [-0.05, 0) is 36.8 Å². The van der Waals surface area contributed by atoms with Crippen molar-refractivity contribution < 1.29 is 9.47 Å². The summed E-state index contributed by atoms with van der Waals surface area (Å²) in [5.41, 5.74) is 1.06. The number of aromatic nitrogens is 2. The van der Waals surface area contributed by atoms with Crippen LogP contribution in [0.1, 0.15) is 12.5 Å². The molecule has 0 fully saturated rings. The van der Waals surface area contributed by atoms with Crippen molar-refractivity contribution in [3.05, 3.63) is 63.7 Å². The number of fused-ring (bicyclic) bond motifs is 1. The normalized spacial score (nSPS) is 11.2. The number of hydrogen-bond donors (Lipinski definition) is 0. The Hall–Kier alpha value is -2.86. The van der Waals surface area contributed by atoms with Crippen molar-refractivity contribution in [2.24, 2.45) is 5.10 Å². The second-order valence-corrected chi connectivity index (χ2v) is 5.53. The van der Waals surface area contributed by atoms with Crippen LogP contribution in [0.15, 0.2) is 52.6 Å². The van der Waals surface area contributed by atoms with Gasteiger partial charge in [-0.25, -0.2) is 4.98 Å². The minimum Gasteiger partial charge on any atom is -0.493 e. The van der Waals surface area contributed by atoms with Crippen LogP contribution in [-0.2, 0) is 0 Å². The highest BCUT2D eigenvalue weighted by Crippen LogP contribution is 2.35. The van der Waals surface area contributed by atoms with E-state index in [2.05, 4.69) is 10.1 Å². The molecule has 0 amide bonds. The number of nitrogens with zero attached hydrogens (tertiary/aromatic N) is 3. The summed E-state index contributed by atoms with van der Waals surface area (Å²) in [6.45, 7) is 2.34. The number of ether oxygens (including phenoxy) is 2. The Morgan fingerprint density at radius 2 is 2.12 bits per heavy atom. The fraction of sp³-hybridized carbons (Fsp3) is 0.167. The van der Waals surface area contributed by atoms with Crippen LogP contribution >= 0.6 is 11.6 Å². The second kappa shape index (κ2) is 7.36. The predicted molar refractivity (Wildman–Crippen MR) is 98.2 cm³/mol. The van der Waals surface area contributed by atoms with E-state index in [4.69, 9.17) is 21.1 Å². The van der Waals surface area contributed by atoms with Crippen molar-refractivity contribution in [3.8, 4) is 11.5 Å². The highest BCUT2D eigenvalue weighted by Gasteiger charge is 2.11. The van der Waals surface area contributed by atoms with Gasteiger partial charge in [0.25, 0.3) is 5.56 Å². The fourth-order valence-corrected chi connectivity index (χ4v) is 2.64. The molecule has 0 spiro atoms. The van der Waals surface area contributed by atoms with Gasteiger partial charge in [0.1, 0.15) is 6.33 Å². The van der Waals surface area contributed by atoms with Crippen molar-refractivity contribution in [1.29, 1.82) is 0 Å². The molecule has 0 N–H and O–H groups in total. The largest absolute Gasteiger partial charge is 0.493 e. The molecule has 0 aliphatic carbocycles. The molecule has 3 rings (SSSR count). The molecule has 1 aromatic heterocycles. The zero-order valence-electron chi connectivity index (χ0n) is 13.8. The van der Waals surface area contributed by atoms with Gasteiger partial charge >= 0.3 is 0 Å². The molecule has 0 unspecified atom stereocenters. The van der Waals surface area contributed by atoms with Crippen LogP contribution in [-0.4, -0.2) is 29.6 Å². The first kappa shape index (κ1) is 17.0. The van der Waals surface area contributed by atoms with Crippen LogP contribution in [0.5, 0.6) is 11.5 Å². The van der Waals surface area contributed by atoms with Crippen molar-refractivity contribution >= 4 is 28.7 Å². The van der Waals surface area contributed by atoms with Gasteiger partial charge in [-0.3, -0.25) is 4.79 Å². The number of hydrogen-bond acceptors (Lipinski definition) is 5. The molecule has 7 heteroatoms. The van der Waals surface area contributed by atoms with E-state index >= 15 is 0 Å². The van der Waals surface area contributed by atoms with Crippen molar-refractivity contribution in [2.45, 2.75) is 6.92 Å². The highest BCUT2D eigenvalue weighted by molar-refractivity contribution is 6.32. The van der Waals surface area contributed by atoms with Crippen LogP contribution < -0.4 is 15.0 Å².